The SMILES string of the molecule is CC1(C)C(=O)N(OCc2ccccc2)C2=CC(=O)[C@](CC(F)(F)F)(c3ccccc3)[C@@H]2N1c1ccc(C(F)(F)F)cc1. The zero-order valence-electron chi connectivity index (χ0n) is 22.5. The van der Waals surface area contributed by atoms with E-state index in [2.05, 4.69) is 0 Å². The van der Waals surface area contributed by atoms with Gasteiger partial charge in [-0.3, -0.25) is 14.4 Å². The van der Waals surface area contributed by atoms with Crippen molar-refractivity contribution in [2.24, 2.45) is 0 Å². The Kier molecular flexibility index (Phi) is 7.21. The summed E-state index contributed by atoms with van der Waals surface area (Å²) >= 11 is 0. The zero-order chi connectivity index (χ0) is 30.5. The molecule has 3 aromatic rings. The second-order valence-electron chi connectivity index (χ2n) is 10.8. The van der Waals surface area contributed by atoms with Crippen LogP contribution in [0.15, 0.2) is 96.7 Å². The van der Waals surface area contributed by atoms with Crippen molar-refractivity contribution in [2.75, 3.05) is 4.90 Å². The number of benzene rings is 3. The Labute approximate surface area is 237 Å². The highest BCUT2D eigenvalue weighted by atomic mass is 19.4. The van der Waals surface area contributed by atoms with Crippen LogP contribution in [-0.4, -0.2) is 34.5 Å². The Morgan fingerprint density at radius 2 is 1.38 bits per heavy atom. The molecule has 3 aromatic carbocycles. The predicted molar refractivity (Wildman–Crippen MR) is 142 cm³/mol. The molecule has 1 saturated heterocycles. The van der Waals surface area contributed by atoms with Gasteiger partial charge < -0.3 is 4.90 Å². The van der Waals surface area contributed by atoms with Gasteiger partial charge in [-0.1, -0.05) is 60.7 Å². The van der Waals surface area contributed by atoms with Crippen molar-refractivity contribution in [1.82, 2.24) is 5.06 Å². The highest BCUT2D eigenvalue weighted by Gasteiger charge is 2.65. The van der Waals surface area contributed by atoms with Crippen molar-refractivity contribution in [3.8, 4) is 0 Å². The number of ketones is 1. The summed E-state index contributed by atoms with van der Waals surface area (Å²) in [4.78, 5) is 35.1. The van der Waals surface area contributed by atoms with Crippen LogP contribution in [-0.2, 0) is 32.6 Å². The van der Waals surface area contributed by atoms with Crippen molar-refractivity contribution >= 4 is 17.4 Å². The van der Waals surface area contributed by atoms with Gasteiger partial charge in [-0.25, -0.2) is 0 Å². The van der Waals surface area contributed by atoms with Gasteiger partial charge in [0.2, 0.25) is 0 Å². The number of hydrogen-bond acceptors (Lipinski definition) is 4. The van der Waals surface area contributed by atoms with Gasteiger partial charge in [-0.2, -0.15) is 31.4 Å². The molecule has 2 aliphatic rings. The lowest BCUT2D eigenvalue weighted by molar-refractivity contribution is -0.192. The van der Waals surface area contributed by atoms with Crippen LogP contribution in [0.2, 0.25) is 0 Å². The molecule has 1 heterocycles. The first-order valence-corrected chi connectivity index (χ1v) is 13.0. The second-order valence-corrected chi connectivity index (χ2v) is 10.8. The Hall–Kier alpha value is -4.12. The molecule has 1 amide bonds. The predicted octanol–water partition coefficient (Wildman–Crippen LogP) is 6.99. The summed E-state index contributed by atoms with van der Waals surface area (Å²) in [6.45, 7) is 2.75. The van der Waals surface area contributed by atoms with Gasteiger partial charge in [0.25, 0.3) is 5.91 Å². The fourth-order valence-corrected chi connectivity index (χ4v) is 5.81. The van der Waals surface area contributed by atoms with Gasteiger partial charge in [0.05, 0.1) is 29.1 Å². The molecule has 5 nitrogen and oxygen atoms in total. The first kappa shape index (κ1) is 29.4. The average molecular weight is 589 g/mol. The normalized spacial score (nSPS) is 22.3. The van der Waals surface area contributed by atoms with Crippen LogP contribution in [0.4, 0.5) is 32.0 Å². The number of carbonyl (C=O) groups is 2. The summed E-state index contributed by atoms with van der Waals surface area (Å²) in [7, 11) is 0. The molecule has 220 valence electrons. The van der Waals surface area contributed by atoms with E-state index in [0.29, 0.717) is 5.56 Å². The van der Waals surface area contributed by atoms with E-state index in [1.54, 1.807) is 36.4 Å². The molecular formula is C31H26F6N2O3. The topological polar surface area (TPSA) is 49.9 Å². The van der Waals surface area contributed by atoms with E-state index in [9.17, 15) is 35.9 Å². The lowest BCUT2D eigenvalue weighted by Gasteiger charge is -2.55. The fourth-order valence-electron chi connectivity index (χ4n) is 5.81. The molecule has 0 aromatic heterocycles. The summed E-state index contributed by atoms with van der Waals surface area (Å²) in [5.74, 6) is -1.61. The van der Waals surface area contributed by atoms with E-state index >= 15 is 0 Å². The lowest BCUT2D eigenvalue weighted by atomic mass is 9.68. The maximum atomic E-state index is 14.4. The van der Waals surface area contributed by atoms with Crippen molar-refractivity contribution in [3.05, 3.63) is 113 Å². The fraction of sp³-hybridized carbons (Fsp3) is 0.290. The molecule has 1 fully saturated rings. The van der Waals surface area contributed by atoms with E-state index in [0.717, 1.165) is 35.4 Å². The first-order chi connectivity index (χ1) is 19.7. The summed E-state index contributed by atoms with van der Waals surface area (Å²) in [5, 5.41) is 0.872. The number of piperazine rings is 1. The average Bonchev–Trinajstić information content (AvgIpc) is 3.20. The van der Waals surface area contributed by atoms with Crippen LogP contribution in [0.1, 0.15) is 37.0 Å². The van der Waals surface area contributed by atoms with Gasteiger partial charge in [-0.05, 0) is 49.2 Å². The van der Waals surface area contributed by atoms with Crippen molar-refractivity contribution in [2.45, 2.75) is 56.2 Å². The van der Waals surface area contributed by atoms with Crippen LogP contribution in [0.3, 0.4) is 0 Å². The van der Waals surface area contributed by atoms with Crippen LogP contribution < -0.4 is 4.90 Å². The molecule has 1 aliphatic carbocycles. The lowest BCUT2D eigenvalue weighted by Crippen LogP contribution is -2.70. The van der Waals surface area contributed by atoms with Crippen molar-refractivity contribution < 1.29 is 40.8 Å². The maximum absolute atomic E-state index is 14.4. The molecule has 11 heteroatoms. The Morgan fingerprint density at radius 3 is 1.93 bits per heavy atom. The van der Waals surface area contributed by atoms with Crippen LogP contribution in [0, 0.1) is 0 Å². The van der Waals surface area contributed by atoms with Gasteiger partial charge in [-0.15, -0.1) is 0 Å². The number of nitrogens with zero attached hydrogens (tertiary/aromatic N) is 2. The van der Waals surface area contributed by atoms with Crippen LogP contribution >= 0.6 is 0 Å². The molecule has 5 rings (SSSR count). The van der Waals surface area contributed by atoms with Crippen molar-refractivity contribution in [3.63, 3.8) is 0 Å². The summed E-state index contributed by atoms with van der Waals surface area (Å²) in [6.07, 6.45) is -10.1. The van der Waals surface area contributed by atoms with Crippen LogP contribution in [0.5, 0.6) is 0 Å². The second kappa shape index (κ2) is 10.3. The van der Waals surface area contributed by atoms with Crippen molar-refractivity contribution in [1.29, 1.82) is 0 Å². The standard InChI is InChI=1S/C31H26F6N2O3/c1-28(2)27(41)39(42-18-20-9-5-3-6-10-20)24-17-25(40)29(19-30(32,33)34,21-11-7-4-8-12-21)26(24)38(28)23-15-13-22(14-16-23)31(35,36)37/h3-17,26H,18-19H2,1-2H3/t26-,29+/m1/s1. The quantitative estimate of drug-likeness (QED) is 0.292. The summed E-state index contributed by atoms with van der Waals surface area (Å²) in [6, 6.07) is 18.5. The molecular weight excluding hydrogens is 562 g/mol. The monoisotopic (exact) mass is 588 g/mol. The van der Waals surface area contributed by atoms with Gasteiger partial charge in [0.15, 0.2) is 5.78 Å². The summed E-state index contributed by atoms with van der Waals surface area (Å²) in [5.41, 5.74) is -4.28. The minimum Gasteiger partial charge on any atom is -0.347 e. The highest BCUT2D eigenvalue weighted by molar-refractivity contribution is 6.07. The minimum absolute atomic E-state index is 0.0390. The number of rotatable bonds is 6. The number of amides is 1. The Balaban J connectivity index is 1.72. The maximum Gasteiger partial charge on any atom is 0.416 e. The van der Waals surface area contributed by atoms with Gasteiger partial charge >= 0.3 is 12.4 Å². The number of fused-ring (bicyclic) bond motifs is 1. The molecule has 0 spiro atoms. The smallest absolute Gasteiger partial charge is 0.347 e. The molecule has 0 radical (unpaired) electrons. The van der Waals surface area contributed by atoms with E-state index in [1.165, 1.54) is 43.0 Å². The number of hydrogen-bond donors (Lipinski definition) is 0. The number of allylic oxidation sites excluding steroid dienone is 1. The molecule has 0 N–H and O–H groups in total. The first-order valence-electron chi connectivity index (χ1n) is 13.0. The number of anilines is 1. The molecule has 0 bridgehead atoms. The number of carbonyl (C=O) groups excluding carboxylic acids is 2. The van der Waals surface area contributed by atoms with E-state index in [4.69, 9.17) is 4.84 Å². The highest BCUT2D eigenvalue weighted by Crippen LogP contribution is 2.53. The van der Waals surface area contributed by atoms with E-state index < -0.39 is 53.0 Å². The number of hydroxylamine groups is 2. The van der Waals surface area contributed by atoms with E-state index in [1.807, 2.05) is 0 Å². The van der Waals surface area contributed by atoms with E-state index in [-0.39, 0.29) is 23.6 Å². The number of halogens is 6. The Morgan fingerprint density at radius 1 is 0.810 bits per heavy atom. The third-order valence-corrected chi connectivity index (χ3v) is 7.71. The van der Waals surface area contributed by atoms with Gasteiger partial charge in [0, 0.05) is 11.8 Å². The molecule has 42 heavy (non-hydrogen) atoms. The largest absolute Gasteiger partial charge is 0.416 e. The number of alkyl halides is 6. The molecule has 2 atom stereocenters. The third-order valence-electron chi connectivity index (χ3n) is 7.71. The van der Waals surface area contributed by atoms with Crippen LogP contribution in [0.25, 0.3) is 0 Å². The Bertz CT molecular complexity index is 1500. The van der Waals surface area contributed by atoms with Gasteiger partial charge in [0.1, 0.15) is 12.1 Å². The molecule has 0 saturated carbocycles. The molecule has 1 aliphatic heterocycles. The zero-order valence-corrected chi connectivity index (χ0v) is 22.5. The molecule has 0 unspecified atom stereocenters. The minimum atomic E-state index is -4.83. The third kappa shape index (κ3) is 5.06. The summed E-state index contributed by atoms with van der Waals surface area (Å²) < 4.78 is 83.3.